The van der Waals surface area contributed by atoms with Crippen molar-refractivity contribution in [2.24, 2.45) is 5.73 Å². The first-order chi connectivity index (χ1) is 10.1. The van der Waals surface area contributed by atoms with Crippen molar-refractivity contribution in [2.45, 2.75) is 12.5 Å². The van der Waals surface area contributed by atoms with Gasteiger partial charge in [-0.1, -0.05) is 30.3 Å². The van der Waals surface area contributed by atoms with Crippen LogP contribution in [0.1, 0.15) is 5.56 Å². The Labute approximate surface area is 124 Å². The summed E-state index contributed by atoms with van der Waals surface area (Å²) in [5.41, 5.74) is 7.04. The van der Waals surface area contributed by atoms with Crippen LogP contribution in [-0.2, 0) is 16.0 Å². The van der Waals surface area contributed by atoms with Crippen LogP contribution in [0.25, 0.3) is 0 Å². The van der Waals surface area contributed by atoms with E-state index in [0.29, 0.717) is 32.6 Å². The number of carbonyl (C=O) groups excluding carboxylic acids is 1. The summed E-state index contributed by atoms with van der Waals surface area (Å²) in [4.78, 5) is 26.5. The Bertz CT molecular complexity index is 484. The topological polar surface area (TPSA) is 86.9 Å². The van der Waals surface area contributed by atoms with Crippen LogP contribution in [0.4, 0.5) is 0 Å². The van der Waals surface area contributed by atoms with Gasteiger partial charge in [-0.05, 0) is 12.0 Å². The van der Waals surface area contributed by atoms with Crippen molar-refractivity contribution < 1.29 is 14.7 Å². The number of piperazine rings is 1. The summed E-state index contributed by atoms with van der Waals surface area (Å²) in [6.07, 6.45) is 0.523. The molecule has 21 heavy (non-hydrogen) atoms. The molecule has 0 aromatic heterocycles. The number of rotatable bonds is 5. The number of amides is 1. The third kappa shape index (κ3) is 4.54. The number of carbonyl (C=O) groups is 2. The number of carboxylic acid groups (broad SMARTS) is 1. The van der Waals surface area contributed by atoms with Crippen molar-refractivity contribution >= 4 is 11.9 Å². The molecule has 114 valence electrons. The molecule has 2 rings (SSSR count). The highest BCUT2D eigenvalue weighted by molar-refractivity contribution is 5.82. The van der Waals surface area contributed by atoms with Gasteiger partial charge in [-0.15, -0.1) is 0 Å². The monoisotopic (exact) mass is 291 g/mol. The van der Waals surface area contributed by atoms with E-state index in [1.165, 1.54) is 0 Å². The molecule has 1 amide bonds. The lowest BCUT2D eigenvalue weighted by atomic mass is 10.1. The van der Waals surface area contributed by atoms with Gasteiger partial charge >= 0.3 is 5.97 Å². The van der Waals surface area contributed by atoms with Crippen LogP contribution in [0.2, 0.25) is 0 Å². The Kier molecular flexibility index (Phi) is 5.30. The molecule has 1 atom stereocenters. The average molecular weight is 291 g/mol. The number of aliphatic carboxylic acids is 1. The Balaban J connectivity index is 1.82. The number of hydrogen-bond donors (Lipinski definition) is 2. The normalized spacial score (nSPS) is 17.5. The summed E-state index contributed by atoms with van der Waals surface area (Å²) in [6.45, 7) is 2.26. The zero-order valence-corrected chi connectivity index (χ0v) is 11.9. The fourth-order valence-electron chi connectivity index (χ4n) is 2.51. The highest BCUT2D eigenvalue weighted by Crippen LogP contribution is 2.07. The minimum Gasteiger partial charge on any atom is -0.480 e. The van der Waals surface area contributed by atoms with Crippen LogP contribution in [0.3, 0.4) is 0 Å². The highest BCUT2D eigenvalue weighted by atomic mass is 16.4. The SMILES string of the molecule is NC(Cc1ccccc1)C(=O)N1CCN(CC(=O)O)CC1. The van der Waals surface area contributed by atoms with Gasteiger partial charge in [-0.2, -0.15) is 0 Å². The van der Waals surface area contributed by atoms with Crippen LogP contribution < -0.4 is 5.73 Å². The molecule has 1 fully saturated rings. The quantitative estimate of drug-likeness (QED) is 0.783. The summed E-state index contributed by atoms with van der Waals surface area (Å²) in [5, 5.41) is 8.75. The van der Waals surface area contributed by atoms with Gasteiger partial charge < -0.3 is 15.7 Å². The lowest BCUT2D eigenvalue weighted by Gasteiger charge is -2.35. The minimum atomic E-state index is -0.837. The summed E-state index contributed by atoms with van der Waals surface area (Å²) in [5.74, 6) is -0.899. The molecule has 1 aliphatic rings. The molecule has 3 N–H and O–H groups in total. The van der Waals surface area contributed by atoms with E-state index in [1.807, 2.05) is 35.2 Å². The molecular weight excluding hydrogens is 270 g/mol. The maximum absolute atomic E-state index is 12.3. The second kappa shape index (κ2) is 7.19. The zero-order chi connectivity index (χ0) is 15.2. The smallest absolute Gasteiger partial charge is 0.317 e. The van der Waals surface area contributed by atoms with Crippen LogP contribution in [0.15, 0.2) is 30.3 Å². The van der Waals surface area contributed by atoms with Gasteiger partial charge in [0, 0.05) is 26.2 Å². The van der Waals surface area contributed by atoms with E-state index < -0.39 is 12.0 Å². The van der Waals surface area contributed by atoms with Crippen molar-refractivity contribution in [2.75, 3.05) is 32.7 Å². The number of hydrogen-bond acceptors (Lipinski definition) is 4. The van der Waals surface area contributed by atoms with E-state index in [4.69, 9.17) is 10.8 Å². The van der Waals surface area contributed by atoms with Crippen molar-refractivity contribution in [3.63, 3.8) is 0 Å². The minimum absolute atomic E-state index is 0.0259. The Hall–Kier alpha value is -1.92. The maximum atomic E-state index is 12.3. The first kappa shape index (κ1) is 15.5. The standard InChI is InChI=1S/C15H21N3O3/c16-13(10-12-4-2-1-3-5-12)15(21)18-8-6-17(7-9-18)11-14(19)20/h1-5,13H,6-11,16H2,(H,19,20). The van der Waals surface area contributed by atoms with Gasteiger partial charge in [-0.25, -0.2) is 0 Å². The molecule has 6 heteroatoms. The summed E-state index contributed by atoms with van der Waals surface area (Å²) in [6, 6.07) is 9.15. The third-order valence-electron chi connectivity index (χ3n) is 3.66. The molecule has 1 unspecified atom stereocenters. The predicted molar refractivity (Wildman–Crippen MR) is 78.8 cm³/mol. The Morgan fingerprint density at radius 1 is 1.14 bits per heavy atom. The summed E-state index contributed by atoms with van der Waals surface area (Å²) >= 11 is 0. The first-order valence-corrected chi connectivity index (χ1v) is 7.08. The fraction of sp³-hybridized carbons (Fsp3) is 0.467. The highest BCUT2D eigenvalue weighted by Gasteiger charge is 2.25. The van der Waals surface area contributed by atoms with Gasteiger partial charge in [-0.3, -0.25) is 14.5 Å². The van der Waals surface area contributed by atoms with Crippen molar-refractivity contribution in [1.29, 1.82) is 0 Å². The van der Waals surface area contributed by atoms with E-state index in [1.54, 1.807) is 4.90 Å². The molecular formula is C15H21N3O3. The largest absolute Gasteiger partial charge is 0.480 e. The molecule has 6 nitrogen and oxygen atoms in total. The van der Waals surface area contributed by atoms with Crippen LogP contribution in [0.5, 0.6) is 0 Å². The predicted octanol–water partition coefficient (Wildman–Crippen LogP) is -0.215. The first-order valence-electron chi connectivity index (χ1n) is 7.08. The molecule has 1 saturated heterocycles. The summed E-state index contributed by atoms with van der Waals surface area (Å²) in [7, 11) is 0. The summed E-state index contributed by atoms with van der Waals surface area (Å²) < 4.78 is 0. The van der Waals surface area contributed by atoms with Crippen molar-refractivity contribution in [3.05, 3.63) is 35.9 Å². The van der Waals surface area contributed by atoms with Crippen LogP contribution in [0, 0.1) is 0 Å². The fourth-order valence-corrected chi connectivity index (χ4v) is 2.51. The van der Waals surface area contributed by atoms with E-state index in [-0.39, 0.29) is 12.5 Å². The molecule has 1 aromatic carbocycles. The van der Waals surface area contributed by atoms with Crippen molar-refractivity contribution in [3.8, 4) is 0 Å². The average Bonchev–Trinajstić information content (AvgIpc) is 2.47. The maximum Gasteiger partial charge on any atom is 0.317 e. The van der Waals surface area contributed by atoms with Gasteiger partial charge in [0.1, 0.15) is 0 Å². The number of benzene rings is 1. The third-order valence-corrected chi connectivity index (χ3v) is 3.66. The molecule has 0 spiro atoms. The molecule has 1 aliphatic heterocycles. The number of nitrogens with two attached hydrogens (primary N) is 1. The second-order valence-corrected chi connectivity index (χ2v) is 5.29. The second-order valence-electron chi connectivity index (χ2n) is 5.29. The van der Waals surface area contributed by atoms with E-state index in [0.717, 1.165) is 5.56 Å². The Morgan fingerprint density at radius 3 is 2.33 bits per heavy atom. The Morgan fingerprint density at radius 2 is 1.76 bits per heavy atom. The molecule has 0 aliphatic carbocycles. The number of carboxylic acids is 1. The lowest BCUT2D eigenvalue weighted by Crippen LogP contribution is -2.54. The van der Waals surface area contributed by atoms with Gasteiger partial charge in [0.25, 0.3) is 0 Å². The van der Waals surface area contributed by atoms with Crippen LogP contribution in [-0.4, -0.2) is 65.5 Å². The number of nitrogens with zero attached hydrogens (tertiary/aromatic N) is 2. The molecule has 0 radical (unpaired) electrons. The van der Waals surface area contributed by atoms with E-state index in [9.17, 15) is 9.59 Å². The lowest BCUT2D eigenvalue weighted by molar-refractivity contribution is -0.139. The van der Waals surface area contributed by atoms with Crippen molar-refractivity contribution in [1.82, 2.24) is 9.80 Å². The van der Waals surface area contributed by atoms with E-state index in [2.05, 4.69) is 0 Å². The molecule has 0 bridgehead atoms. The van der Waals surface area contributed by atoms with Gasteiger partial charge in [0.2, 0.25) is 5.91 Å². The molecule has 1 heterocycles. The van der Waals surface area contributed by atoms with E-state index >= 15 is 0 Å². The molecule has 0 saturated carbocycles. The molecule has 1 aromatic rings. The van der Waals surface area contributed by atoms with Gasteiger partial charge in [0.05, 0.1) is 12.6 Å². The van der Waals surface area contributed by atoms with Crippen LogP contribution >= 0.6 is 0 Å². The van der Waals surface area contributed by atoms with Gasteiger partial charge in [0.15, 0.2) is 0 Å². The zero-order valence-electron chi connectivity index (χ0n) is 11.9.